The highest BCUT2D eigenvalue weighted by atomic mass is 16.5. The first-order valence-electron chi connectivity index (χ1n) is 7.94. The summed E-state index contributed by atoms with van der Waals surface area (Å²) in [6.45, 7) is 8.11. The highest BCUT2D eigenvalue weighted by Crippen LogP contribution is 2.17. The molecule has 0 unspecified atom stereocenters. The second-order valence-electron chi connectivity index (χ2n) is 6.09. The molecular weight excluding hydrogens is 310 g/mol. The minimum absolute atomic E-state index is 0.165. The molecule has 0 amide bonds. The number of rotatable bonds is 3. The molecule has 9 nitrogen and oxygen atoms in total. The van der Waals surface area contributed by atoms with Crippen LogP contribution >= 0.6 is 0 Å². The summed E-state index contributed by atoms with van der Waals surface area (Å²) in [4.78, 5) is 23.8. The lowest BCUT2D eigenvalue weighted by Crippen LogP contribution is -2.47. The summed E-state index contributed by atoms with van der Waals surface area (Å²) in [6, 6.07) is 0. The molecule has 126 valence electrons. The van der Waals surface area contributed by atoms with Crippen LogP contribution in [0.2, 0.25) is 0 Å². The van der Waals surface area contributed by atoms with Crippen LogP contribution in [-0.4, -0.2) is 56.4 Å². The molecule has 0 bridgehead atoms. The first-order chi connectivity index (χ1) is 11.6. The number of nitrogens with one attached hydrogen (secondary N) is 2. The smallest absolute Gasteiger partial charge is 0.263 e. The lowest BCUT2D eigenvalue weighted by molar-refractivity contribution is 0.247. The minimum atomic E-state index is -0.165. The van der Waals surface area contributed by atoms with Crippen molar-refractivity contribution in [1.29, 1.82) is 0 Å². The molecule has 0 atom stereocenters. The number of hydrogen-bond acceptors (Lipinski definition) is 7. The van der Waals surface area contributed by atoms with Crippen LogP contribution in [-0.2, 0) is 6.54 Å². The van der Waals surface area contributed by atoms with E-state index < -0.39 is 0 Å². The number of aromatic nitrogens is 5. The Bertz CT molecular complexity index is 898. The zero-order valence-electron chi connectivity index (χ0n) is 13.7. The Morgan fingerprint density at radius 1 is 1.25 bits per heavy atom. The molecule has 4 rings (SSSR count). The zero-order chi connectivity index (χ0) is 16.7. The lowest BCUT2D eigenvalue weighted by Gasteiger charge is -2.34. The van der Waals surface area contributed by atoms with Gasteiger partial charge in [0.15, 0.2) is 5.65 Å². The largest absolute Gasteiger partial charge is 0.361 e. The molecule has 1 aliphatic rings. The average Bonchev–Trinajstić information content (AvgIpc) is 3.18. The van der Waals surface area contributed by atoms with Crippen molar-refractivity contribution in [1.82, 2.24) is 30.2 Å². The number of hydrogen-bond donors (Lipinski definition) is 2. The predicted molar refractivity (Wildman–Crippen MR) is 88.0 cm³/mol. The van der Waals surface area contributed by atoms with Gasteiger partial charge in [-0.1, -0.05) is 5.16 Å². The van der Waals surface area contributed by atoms with Crippen molar-refractivity contribution in [2.75, 3.05) is 31.1 Å². The third kappa shape index (κ3) is 2.56. The molecule has 3 aromatic heterocycles. The van der Waals surface area contributed by atoms with E-state index in [0.717, 1.165) is 49.7 Å². The molecular formula is C15H19N7O2. The number of aromatic amines is 2. The van der Waals surface area contributed by atoms with Gasteiger partial charge >= 0.3 is 0 Å². The van der Waals surface area contributed by atoms with Crippen LogP contribution in [0.4, 0.5) is 5.95 Å². The molecule has 0 radical (unpaired) electrons. The quantitative estimate of drug-likeness (QED) is 0.723. The van der Waals surface area contributed by atoms with E-state index in [-0.39, 0.29) is 5.56 Å². The Hall–Kier alpha value is -2.68. The first kappa shape index (κ1) is 14.9. The van der Waals surface area contributed by atoms with Gasteiger partial charge in [-0.25, -0.2) is 0 Å². The zero-order valence-corrected chi connectivity index (χ0v) is 13.7. The third-order valence-electron chi connectivity index (χ3n) is 4.54. The van der Waals surface area contributed by atoms with Crippen molar-refractivity contribution in [3.05, 3.63) is 33.6 Å². The van der Waals surface area contributed by atoms with Crippen LogP contribution in [0.25, 0.3) is 11.0 Å². The summed E-state index contributed by atoms with van der Waals surface area (Å²) >= 11 is 0. The van der Waals surface area contributed by atoms with Crippen LogP contribution in [0.1, 0.15) is 17.0 Å². The Morgan fingerprint density at radius 3 is 2.75 bits per heavy atom. The van der Waals surface area contributed by atoms with E-state index in [1.54, 1.807) is 0 Å². The number of fused-ring (bicyclic) bond motifs is 1. The number of H-pyrrole nitrogens is 2. The minimum Gasteiger partial charge on any atom is -0.361 e. The van der Waals surface area contributed by atoms with Gasteiger partial charge in [-0.05, 0) is 13.8 Å². The van der Waals surface area contributed by atoms with Crippen molar-refractivity contribution >= 4 is 17.0 Å². The van der Waals surface area contributed by atoms with Gasteiger partial charge in [0.05, 0.1) is 11.9 Å². The molecule has 9 heteroatoms. The second kappa shape index (κ2) is 5.75. The molecule has 0 aliphatic carbocycles. The van der Waals surface area contributed by atoms with Gasteiger partial charge in [-0.15, -0.1) is 0 Å². The van der Waals surface area contributed by atoms with Gasteiger partial charge in [0.25, 0.3) is 5.56 Å². The molecule has 0 aromatic carbocycles. The Balaban J connectivity index is 1.46. The number of piperazine rings is 1. The predicted octanol–water partition coefficient (Wildman–Crippen LogP) is 0.573. The first-order valence-corrected chi connectivity index (χ1v) is 7.94. The SMILES string of the molecule is Cc1noc(C)c1CN1CCN(c2nc3[nH]ncc3c(=O)[nH]2)CC1. The molecule has 3 aromatic rings. The molecule has 4 heterocycles. The van der Waals surface area contributed by atoms with Gasteiger partial charge in [0.1, 0.15) is 11.1 Å². The number of nitrogens with zero attached hydrogens (tertiary/aromatic N) is 5. The number of aryl methyl sites for hydroxylation is 2. The van der Waals surface area contributed by atoms with Crippen molar-refractivity contribution < 1.29 is 4.52 Å². The van der Waals surface area contributed by atoms with Crippen LogP contribution < -0.4 is 10.5 Å². The fourth-order valence-electron chi connectivity index (χ4n) is 3.05. The van der Waals surface area contributed by atoms with Gasteiger partial charge in [0, 0.05) is 38.3 Å². The molecule has 1 saturated heterocycles. The molecule has 2 N–H and O–H groups in total. The maximum Gasteiger partial charge on any atom is 0.263 e. The summed E-state index contributed by atoms with van der Waals surface area (Å²) in [5.41, 5.74) is 2.47. The Labute approximate surface area is 137 Å². The maximum atomic E-state index is 12.0. The van der Waals surface area contributed by atoms with Gasteiger partial charge in [-0.2, -0.15) is 10.1 Å². The topological polar surface area (TPSA) is 107 Å². The van der Waals surface area contributed by atoms with Crippen LogP contribution in [0.5, 0.6) is 0 Å². The Kier molecular flexibility index (Phi) is 3.57. The lowest BCUT2D eigenvalue weighted by atomic mass is 10.2. The molecule has 1 fully saturated rings. The van der Waals surface area contributed by atoms with E-state index in [4.69, 9.17) is 4.52 Å². The van der Waals surface area contributed by atoms with E-state index >= 15 is 0 Å². The number of anilines is 1. The van der Waals surface area contributed by atoms with Crippen molar-refractivity contribution in [3.63, 3.8) is 0 Å². The molecule has 1 aliphatic heterocycles. The fraction of sp³-hybridized carbons (Fsp3) is 0.467. The van der Waals surface area contributed by atoms with E-state index in [0.29, 0.717) is 17.0 Å². The van der Waals surface area contributed by atoms with Crippen molar-refractivity contribution in [3.8, 4) is 0 Å². The summed E-state index contributed by atoms with van der Waals surface area (Å²) in [5, 5.41) is 11.1. The highest BCUT2D eigenvalue weighted by molar-refractivity contribution is 5.73. The standard InChI is InChI=1S/C15H19N7O2/c1-9-12(10(2)24-20-9)8-21-3-5-22(6-4-21)15-17-13-11(7-16-19-13)14(23)18-15/h7H,3-6,8H2,1-2H3,(H2,16,17,18,19,23). The summed E-state index contributed by atoms with van der Waals surface area (Å²) in [5.74, 6) is 1.47. The molecule has 24 heavy (non-hydrogen) atoms. The summed E-state index contributed by atoms with van der Waals surface area (Å²) in [7, 11) is 0. The van der Waals surface area contributed by atoms with Crippen molar-refractivity contribution in [2.45, 2.75) is 20.4 Å². The van der Waals surface area contributed by atoms with E-state index in [2.05, 4.69) is 35.1 Å². The average molecular weight is 329 g/mol. The highest BCUT2D eigenvalue weighted by Gasteiger charge is 2.21. The summed E-state index contributed by atoms with van der Waals surface area (Å²) in [6.07, 6.45) is 1.49. The van der Waals surface area contributed by atoms with Crippen molar-refractivity contribution in [2.24, 2.45) is 0 Å². The van der Waals surface area contributed by atoms with Gasteiger partial charge in [0.2, 0.25) is 5.95 Å². The van der Waals surface area contributed by atoms with Crippen LogP contribution in [0.3, 0.4) is 0 Å². The monoisotopic (exact) mass is 329 g/mol. The van der Waals surface area contributed by atoms with E-state index in [1.807, 2.05) is 13.8 Å². The van der Waals surface area contributed by atoms with Gasteiger partial charge < -0.3 is 9.42 Å². The second-order valence-corrected chi connectivity index (χ2v) is 6.09. The summed E-state index contributed by atoms with van der Waals surface area (Å²) < 4.78 is 5.23. The normalized spacial score (nSPS) is 16.2. The van der Waals surface area contributed by atoms with Crippen LogP contribution in [0, 0.1) is 13.8 Å². The van der Waals surface area contributed by atoms with E-state index in [9.17, 15) is 4.79 Å². The van der Waals surface area contributed by atoms with E-state index in [1.165, 1.54) is 6.20 Å². The van der Waals surface area contributed by atoms with Crippen LogP contribution in [0.15, 0.2) is 15.5 Å². The Morgan fingerprint density at radius 2 is 2.04 bits per heavy atom. The third-order valence-corrected chi connectivity index (χ3v) is 4.54. The fourth-order valence-corrected chi connectivity index (χ4v) is 3.05. The maximum absolute atomic E-state index is 12.0. The molecule has 0 saturated carbocycles. The van der Waals surface area contributed by atoms with Gasteiger partial charge in [-0.3, -0.25) is 19.8 Å². The molecule has 0 spiro atoms.